The molecule has 0 aliphatic carbocycles. The second kappa shape index (κ2) is 11.3. The first-order valence-electron chi connectivity index (χ1n) is 12.3. The lowest BCUT2D eigenvalue weighted by Crippen LogP contribution is -2.39. The summed E-state index contributed by atoms with van der Waals surface area (Å²) in [5.41, 5.74) is 1.90. The molecule has 1 aliphatic heterocycles. The number of ether oxygens (including phenoxy) is 2. The van der Waals surface area contributed by atoms with Crippen molar-refractivity contribution in [3.8, 4) is 17.1 Å². The minimum absolute atomic E-state index is 0.202. The summed E-state index contributed by atoms with van der Waals surface area (Å²) >= 11 is 13.7. The van der Waals surface area contributed by atoms with Crippen molar-refractivity contribution in [2.45, 2.75) is 26.8 Å². The third-order valence-electron chi connectivity index (χ3n) is 6.12. The Bertz CT molecular complexity index is 1770. The van der Waals surface area contributed by atoms with Gasteiger partial charge in [0, 0.05) is 16.7 Å². The molecule has 4 aromatic rings. The molecule has 7 nitrogen and oxygen atoms in total. The summed E-state index contributed by atoms with van der Waals surface area (Å²) in [5, 5.41) is 1.03. The number of allylic oxidation sites excluding steroid dienone is 1. The summed E-state index contributed by atoms with van der Waals surface area (Å²) in [5.74, 6) is 1.17. The van der Waals surface area contributed by atoms with Crippen LogP contribution in [-0.2, 0) is 9.53 Å². The number of benzene rings is 2. The first-order valence-corrected chi connectivity index (χ1v) is 13.9. The van der Waals surface area contributed by atoms with Gasteiger partial charge in [0.25, 0.3) is 5.56 Å². The van der Waals surface area contributed by atoms with E-state index < -0.39 is 12.0 Å². The molecule has 3 heterocycles. The molecule has 0 radical (unpaired) electrons. The van der Waals surface area contributed by atoms with Crippen molar-refractivity contribution in [1.82, 2.24) is 4.57 Å². The number of hydrogen-bond donors (Lipinski definition) is 0. The number of esters is 1. The maximum atomic E-state index is 13.8. The van der Waals surface area contributed by atoms with Gasteiger partial charge in [-0.2, -0.15) is 0 Å². The molecule has 0 saturated carbocycles. The number of carbonyl (C=O) groups is 1. The van der Waals surface area contributed by atoms with Gasteiger partial charge in [0.2, 0.25) is 0 Å². The Labute approximate surface area is 238 Å². The van der Waals surface area contributed by atoms with Crippen LogP contribution in [0.25, 0.3) is 17.4 Å². The molecule has 39 heavy (non-hydrogen) atoms. The topological polar surface area (TPSA) is 83.0 Å². The summed E-state index contributed by atoms with van der Waals surface area (Å²) in [6.45, 7) is 6.12. The van der Waals surface area contributed by atoms with Gasteiger partial charge in [-0.25, -0.2) is 9.79 Å². The molecule has 0 fully saturated rings. The molecule has 0 N–H and O–H groups in total. The second-order valence-electron chi connectivity index (χ2n) is 8.63. The highest BCUT2D eigenvalue weighted by Crippen LogP contribution is 2.33. The zero-order valence-electron chi connectivity index (χ0n) is 21.4. The zero-order valence-corrected chi connectivity index (χ0v) is 23.7. The number of nitrogens with zero attached hydrogens (tertiary/aromatic N) is 2. The van der Waals surface area contributed by atoms with Gasteiger partial charge in [0.05, 0.1) is 40.1 Å². The van der Waals surface area contributed by atoms with E-state index in [1.54, 1.807) is 50.3 Å². The molecule has 0 saturated heterocycles. The van der Waals surface area contributed by atoms with Crippen LogP contribution in [0, 0.1) is 0 Å². The summed E-state index contributed by atoms with van der Waals surface area (Å²) in [4.78, 5) is 31.9. The Morgan fingerprint density at radius 2 is 1.87 bits per heavy atom. The average Bonchev–Trinajstić information content (AvgIpc) is 3.50. The Kier molecular flexibility index (Phi) is 7.79. The Morgan fingerprint density at radius 3 is 2.59 bits per heavy atom. The van der Waals surface area contributed by atoms with E-state index in [1.807, 2.05) is 31.2 Å². The van der Waals surface area contributed by atoms with E-state index in [2.05, 4.69) is 4.99 Å². The molecule has 1 atom stereocenters. The molecule has 10 heteroatoms. The number of furan rings is 1. The van der Waals surface area contributed by atoms with Crippen LogP contribution < -0.4 is 19.6 Å². The zero-order chi connectivity index (χ0) is 27.7. The van der Waals surface area contributed by atoms with Gasteiger partial charge in [0.1, 0.15) is 17.3 Å². The number of fused-ring (bicyclic) bond motifs is 1. The second-order valence-corrected chi connectivity index (χ2v) is 10.5. The first kappa shape index (κ1) is 27.0. The van der Waals surface area contributed by atoms with Crippen molar-refractivity contribution < 1.29 is 18.7 Å². The van der Waals surface area contributed by atoms with E-state index >= 15 is 0 Å². The van der Waals surface area contributed by atoms with Crippen molar-refractivity contribution in [2.24, 2.45) is 4.99 Å². The SMILES string of the molecule is CCOC(=O)C1=C(C)N=c2s/c(=C\c3ccc(-c4cc(Cl)ccc4Cl)o3)c(=O)n2[C@@H]1c1ccc(OCC)cc1. The van der Waals surface area contributed by atoms with Gasteiger partial charge in [0.15, 0.2) is 4.80 Å². The predicted octanol–water partition coefficient (Wildman–Crippen LogP) is 5.76. The largest absolute Gasteiger partial charge is 0.494 e. The van der Waals surface area contributed by atoms with Gasteiger partial charge >= 0.3 is 5.97 Å². The molecule has 1 aliphatic rings. The van der Waals surface area contributed by atoms with Crippen molar-refractivity contribution in [1.29, 1.82) is 0 Å². The first-order chi connectivity index (χ1) is 18.8. The lowest BCUT2D eigenvalue weighted by Gasteiger charge is -2.24. The van der Waals surface area contributed by atoms with Gasteiger partial charge in [-0.05, 0) is 68.8 Å². The van der Waals surface area contributed by atoms with Gasteiger partial charge in [-0.3, -0.25) is 9.36 Å². The number of carbonyl (C=O) groups excluding carboxylic acids is 1. The van der Waals surface area contributed by atoms with E-state index in [1.165, 1.54) is 15.9 Å². The molecule has 0 bridgehead atoms. The minimum Gasteiger partial charge on any atom is -0.494 e. The highest BCUT2D eigenvalue weighted by molar-refractivity contribution is 7.07. The number of halogens is 2. The molecular formula is C29H24Cl2N2O5S. The van der Waals surface area contributed by atoms with Crippen molar-refractivity contribution in [2.75, 3.05) is 13.2 Å². The molecule has 2 aromatic carbocycles. The van der Waals surface area contributed by atoms with Crippen LogP contribution in [0.3, 0.4) is 0 Å². The van der Waals surface area contributed by atoms with Crippen LogP contribution in [0.15, 0.2) is 80.1 Å². The quantitative estimate of drug-likeness (QED) is 0.258. The maximum absolute atomic E-state index is 13.8. The summed E-state index contributed by atoms with van der Waals surface area (Å²) in [6.07, 6.45) is 1.66. The maximum Gasteiger partial charge on any atom is 0.338 e. The number of aromatic nitrogens is 1. The fraction of sp³-hybridized carbons (Fsp3) is 0.207. The monoisotopic (exact) mass is 582 g/mol. The van der Waals surface area contributed by atoms with Crippen LogP contribution in [0.4, 0.5) is 0 Å². The van der Waals surface area contributed by atoms with Crippen LogP contribution in [-0.4, -0.2) is 23.8 Å². The third kappa shape index (κ3) is 5.32. The molecule has 0 unspecified atom stereocenters. The molecular weight excluding hydrogens is 559 g/mol. The highest BCUT2D eigenvalue weighted by Gasteiger charge is 2.33. The van der Waals surface area contributed by atoms with Crippen LogP contribution in [0.2, 0.25) is 10.0 Å². The molecule has 0 spiro atoms. The van der Waals surface area contributed by atoms with Crippen molar-refractivity contribution in [3.63, 3.8) is 0 Å². The average molecular weight is 583 g/mol. The highest BCUT2D eigenvalue weighted by atomic mass is 35.5. The Morgan fingerprint density at radius 1 is 1.10 bits per heavy atom. The van der Waals surface area contributed by atoms with E-state index in [4.69, 9.17) is 37.1 Å². The summed E-state index contributed by atoms with van der Waals surface area (Å²) < 4.78 is 18.8. The molecule has 0 amide bonds. The number of thiazole rings is 1. The van der Waals surface area contributed by atoms with E-state index in [9.17, 15) is 9.59 Å². The number of rotatable bonds is 7. The van der Waals surface area contributed by atoms with Crippen molar-refractivity contribution >= 4 is 46.6 Å². The third-order valence-corrected chi connectivity index (χ3v) is 7.67. The van der Waals surface area contributed by atoms with Crippen LogP contribution in [0.1, 0.15) is 38.1 Å². The fourth-order valence-corrected chi connectivity index (χ4v) is 5.82. The Balaban J connectivity index is 1.62. The predicted molar refractivity (Wildman–Crippen MR) is 152 cm³/mol. The Hall–Kier alpha value is -3.59. The molecule has 200 valence electrons. The van der Waals surface area contributed by atoms with Gasteiger partial charge < -0.3 is 13.9 Å². The van der Waals surface area contributed by atoms with E-state index in [-0.39, 0.29) is 12.2 Å². The summed E-state index contributed by atoms with van der Waals surface area (Å²) in [6, 6.07) is 15.3. The normalized spacial score (nSPS) is 15.2. The fourth-order valence-electron chi connectivity index (χ4n) is 4.41. The van der Waals surface area contributed by atoms with Crippen molar-refractivity contribution in [3.05, 3.63) is 107 Å². The summed E-state index contributed by atoms with van der Waals surface area (Å²) in [7, 11) is 0. The van der Waals surface area contributed by atoms with E-state index in [0.717, 1.165) is 5.56 Å². The molecule has 2 aromatic heterocycles. The standard InChI is InChI=1S/C29H24Cl2N2O5S/c1-4-36-19-9-6-17(7-10-19)26-25(28(35)37-5-2)16(3)32-29-33(26)27(34)24(39-29)15-20-11-13-23(38-20)21-14-18(30)8-12-22(21)31/h6-15,26H,4-5H2,1-3H3/b24-15-/t26-/m1/s1. The lowest BCUT2D eigenvalue weighted by atomic mass is 9.96. The van der Waals surface area contributed by atoms with Crippen LogP contribution in [0.5, 0.6) is 5.75 Å². The molecule has 5 rings (SSSR count). The van der Waals surface area contributed by atoms with Gasteiger partial charge in [-0.15, -0.1) is 0 Å². The number of hydrogen-bond acceptors (Lipinski definition) is 7. The minimum atomic E-state index is -0.712. The lowest BCUT2D eigenvalue weighted by molar-refractivity contribution is -0.139. The van der Waals surface area contributed by atoms with E-state index in [0.29, 0.717) is 60.1 Å². The smallest absolute Gasteiger partial charge is 0.338 e. The van der Waals surface area contributed by atoms with Crippen LogP contribution >= 0.6 is 34.5 Å². The van der Waals surface area contributed by atoms with Gasteiger partial charge in [-0.1, -0.05) is 46.7 Å².